The van der Waals surface area contributed by atoms with Crippen molar-refractivity contribution in [3.63, 3.8) is 0 Å². The van der Waals surface area contributed by atoms with Gasteiger partial charge in [-0.3, -0.25) is 14.7 Å². The Morgan fingerprint density at radius 2 is 1.86 bits per heavy atom. The molecule has 8 heteroatoms. The molecule has 198 valence electrons. The van der Waals surface area contributed by atoms with E-state index in [0.29, 0.717) is 23.9 Å². The molecule has 5 rings (SSSR count). The second-order valence-corrected chi connectivity index (χ2v) is 11.2. The average Bonchev–Trinajstić information content (AvgIpc) is 3.12. The molecule has 2 aromatic rings. The Balaban J connectivity index is 1.34. The maximum Gasteiger partial charge on any atom is 0.321 e. The van der Waals surface area contributed by atoms with Crippen LogP contribution in [0.15, 0.2) is 48.8 Å². The largest absolute Gasteiger partial charge is 0.493 e. The summed E-state index contributed by atoms with van der Waals surface area (Å²) in [6.07, 6.45) is 10.6. The molecule has 0 bridgehead atoms. The molecule has 3 fully saturated rings. The summed E-state index contributed by atoms with van der Waals surface area (Å²) in [6.45, 7) is 1.43. The maximum absolute atomic E-state index is 13.8. The van der Waals surface area contributed by atoms with Gasteiger partial charge in [0, 0.05) is 24.8 Å². The van der Waals surface area contributed by atoms with Gasteiger partial charge >= 0.3 is 6.03 Å². The summed E-state index contributed by atoms with van der Waals surface area (Å²) in [7, 11) is 5.88. The number of anilines is 1. The van der Waals surface area contributed by atoms with E-state index in [9.17, 15) is 9.59 Å². The van der Waals surface area contributed by atoms with E-state index in [1.165, 1.54) is 24.8 Å². The van der Waals surface area contributed by atoms with E-state index in [2.05, 4.69) is 64.5 Å². The number of urea groups is 1. The van der Waals surface area contributed by atoms with Crippen molar-refractivity contribution in [1.82, 2.24) is 19.7 Å². The lowest BCUT2D eigenvalue weighted by molar-refractivity contribution is -0.116. The third-order valence-electron chi connectivity index (χ3n) is 9.01. The van der Waals surface area contributed by atoms with Gasteiger partial charge in [0.1, 0.15) is 6.54 Å². The molecule has 1 saturated heterocycles. The molecular weight excluding hydrogens is 466 g/mol. The molecule has 3 amide bonds. The highest BCUT2D eigenvalue weighted by molar-refractivity contribution is 5.96. The molecule has 0 unspecified atom stereocenters. The molecule has 1 aliphatic heterocycles. The SMILES string of the molecule is COc1cnccc1NC(=O)CN1C[C@]2(CC[C@](c3ccccc3)(N(C)C)CC2)N(CC2CCC2)C1=O. The first-order valence-electron chi connectivity index (χ1n) is 13.4. The smallest absolute Gasteiger partial charge is 0.321 e. The fraction of sp³-hybridized carbons (Fsp3) is 0.552. The minimum absolute atomic E-state index is 0.000748. The van der Waals surface area contributed by atoms with E-state index in [1.807, 2.05) is 0 Å². The van der Waals surface area contributed by atoms with Crippen molar-refractivity contribution in [1.29, 1.82) is 0 Å². The Labute approximate surface area is 220 Å². The summed E-state index contributed by atoms with van der Waals surface area (Å²) in [5, 5.41) is 2.90. The van der Waals surface area contributed by atoms with Crippen LogP contribution in [0.5, 0.6) is 5.75 Å². The van der Waals surface area contributed by atoms with Gasteiger partial charge in [-0.15, -0.1) is 0 Å². The van der Waals surface area contributed by atoms with Crippen molar-refractivity contribution in [2.45, 2.75) is 56.0 Å². The fourth-order valence-corrected chi connectivity index (χ4v) is 6.52. The molecule has 1 N–H and O–H groups in total. The topological polar surface area (TPSA) is 78.0 Å². The van der Waals surface area contributed by atoms with Gasteiger partial charge in [0.15, 0.2) is 5.75 Å². The second-order valence-electron chi connectivity index (χ2n) is 11.2. The molecule has 37 heavy (non-hydrogen) atoms. The number of hydrogen-bond donors (Lipinski definition) is 1. The van der Waals surface area contributed by atoms with Crippen molar-refractivity contribution >= 4 is 17.6 Å². The Hall–Kier alpha value is -3.13. The highest BCUT2D eigenvalue weighted by Gasteiger charge is 2.55. The molecule has 8 nitrogen and oxygen atoms in total. The van der Waals surface area contributed by atoms with Crippen LogP contribution in [0.2, 0.25) is 0 Å². The molecule has 2 saturated carbocycles. The lowest BCUT2D eigenvalue weighted by Gasteiger charge is -2.51. The molecule has 3 aliphatic rings. The Kier molecular flexibility index (Phi) is 7.12. The molecule has 1 aromatic carbocycles. The monoisotopic (exact) mass is 505 g/mol. The van der Waals surface area contributed by atoms with Gasteiger partial charge in [0.05, 0.1) is 24.5 Å². The van der Waals surface area contributed by atoms with E-state index in [0.717, 1.165) is 32.2 Å². The number of aromatic nitrogens is 1. The summed E-state index contributed by atoms with van der Waals surface area (Å²) in [6, 6.07) is 12.5. The summed E-state index contributed by atoms with van der Waals surface area (Å²) in [5.41, 5.74) is 1.63. The van der Waals surface area contributed by atoms with Crippen LogP contribution in [-0.2, 0) is 10.3 Å². The van der Waals surface area contributed by atoms with Crippen LogP contribution in [-0.4, -0.2) is 78.0 Å². The minimum atomic E-state index is -0.227. The van der Waals surface area contributed by atoms with Gasteiger partial charge in [-0.2, -0.15) is 0 Å². The summed E-state index contributed by atoms with van der Waals surface area (Å²) in [4.78, 5) is 37.1. The van der Waals surface area contributed by atoms with Crippen LogP contribution < -0.4 is 10.1 Å². The predicted octanol–water partition coefficient (Wildman–Crippen LogP) is 4.34. The normalized spacial score (nSPS) is 26.0. The van der Waals surface area contributed by atoms with Gasteiger partial charge in [-0.25, -0.2) is 4.79 Å². The Morgan fingerprint density at radius 1 is 1.14 bits per heavy atom. The van der Waals surface area contributed by atoms with E-state index < -0.39 is 0 Å². The summed E-state index contributed by atoms with van der Waals surface area (Å²) in [5.74, 6) is 0.853. The number of methoxy groups -OCH3 is 1. The van der Waals surface area contributed by atoms with E-state index >= 15 is 0 Å². The number of carbonyl (C=O) groups is 2. The van der Waals surface area contributed by atoms with Gasteiger partial charge < -0.3 is 19.9 Å². The quantitative estimate of drug-likeness (QED) is 0.578. The van der Waals surface area contributed by atoms with Crippen LogP contribution >= 0.6 is 0 Å². The average molecular weight is 506 g/mol. The zero-order valence-electron chi connectivity index (χ0n) is 22.3. The Bertz CT molecular complexity index is 1110. The maximum atomic E-state index is 13.8. The third-order valence-corrected chi connectivity index (χ3v) is 9.01. The number of pyridine rings is 1. The molecule has 0 atom stereocenters. The number of ether oxygens (including phenoxy) is 1. The standard InChI is InChI=1S/C29H39N5O3/c1-32(2)29(23-10-5-4-6-11-23)15-13-28(14-16-29)21-33(27(36)34(28)19-22-8-7-9-22)20-26(35)31-24-12-17-30-18-25(24)37-3/h4-6,10-12,17-18,22H,7-9,13-16,19-21H2,1-3H3,(H,30,31,35)/t28-,29+. The lowest BCUT2D eigenvalue weighted by atomic mass is 9.68. The van der Waals surface area contributed by atoms with Crippen LogP contribution in [0, 0.1) is 5.92 Å². The fourth-order valence-electron chi connectivity index (χ4n) is 6.52. The molecule has 2 heterocycles. The number of carbonyl (C=O) groups excluding carboxylic acids is 2. The van der Waals surface area contributed by atoms with Gasteiger partial charge in [0.2, 0.25) is 5.91 Å². The van der Waals surface area contributed by atoms with Gasteiger partial charge in [0.25, 0.3) is 0 Å². The highest BCUT2D eigenvalue weighted by atomic mass is 16.5. The van der Waals surface area contributed by atoms with Crippen molar-refractivity contribution in [3.8, 4) is 5.75 Å². The van der Waals surface area contributed by atoms with Crippen LogP contribution in [0.25, 0.3) is 0 Å². The zero-order chi connectivity index (χ0) is 26.0. The van der Waals surface area contributed by atoms with Crippen molar-refractivity contribution in [3.05, 3.63) is 54.4 Å². The first-order valence-corrected chi connectivity index (χ1v) is 13.4. The number of nitrogens with zero attached hydrogens (tertiary/aromatic N) is 4. The molecule has 1 aromatic heterocycles. The molecule has 2 aliphatic carbocycles. The number of rotatable bonds is 8. The predicted molar refractivity (Wildman–Crippen MR) is 143 cm³/mol. The minimum Gasteiger partial charge on any atom is -0.493 e. The second kappa shape index (κ2) is 10.3. The van der Waals surface area contributed by atoms with Crippen molar-refractivity contribution in [2.24, 2.45) is 5.92 Å². The van der Waals surface area contributed by atoms with Crippen LogP contribution in [0.3, 0.4) is 0 Å². The van der Waals surface area contributed by atoms with Crippen LogP contribution in [0.1, 0.15) is 50.5 Å². The van der Waals surface area contributed by atoms with E-state index in [1.54, 1.807) is 30.5 Å². The highest BCUT2D eigenvalue weighted by Crippen LogP contribution is 2.49. The number of amides is 3. The lowest BCUT2D eigenvalue weighted by Crippen LogP contribution is -2.56. The van der Waals surface area contributed by atoms with E-state index in [-0.39, 0.29) is 29.6 Å². The van der Waals surface area contributed by atoms with E-state index in [4.69, 9.17) is 4.74 Å². The number of benzene rings is 1. The number of nitrogens with one attached hydrogen (secondary N) is 1. The first kappa shape index (κ1) is 25.5. The third kappa shape index (κ3) is 4.79. The van der Waals surface area contributed by atoms with Gasteiger partial charge in [-0.05, 0) is 70.2 Å². The summed E-state index contributed by atoms with van der Waals surface area (Å²) >= 11 is 0. The van der Waals surface area contributed by atoms with Crippen molar-refractivity contribution < 1.29 is 14.3 Å². The van der Waals surface area contributed by atoms with Crippen molar-refractivity contribution in [2.75, 3.05) is 46.2 Å². The summed E-state index contributed by atoms with van der Waals surface area (Å²) < 4.78 is 5.31. The van der Waals surface area contributed by atoms with Crippen LogP contribution in [0.4, 0.5) is 10.5 Å². The molecular formula is C29H39N5O3. The zero-order valence-corrected chi connectivity index (χ0v) is 22.3. The Morgan fingerprint density at radius 3 is 2.49 bits per heavy atom. The first-order chi connectivity index (χ1) is 17.9. The molecule has 0 radical (unpaired) electrons. The number of hydrogen-bond acceptors (Lipinski definition) is 5. The van der Waals surface area contributed by atoms with Gasteiger partial charge in [-0.1, -0.05) is 36.8 Å². The molecule has 1 spiro atoms.